The van der Waals surface area contributed by atoms with E-state index in [1.165, 1.54) is 5.56 Å². The minimum absolute atomic E-state index is 0.402. The SMILES string of the molecule is Cc1ccc(CC(O)Cc2ccc3ccccc3n2)cc1. The van der Waals surface area contributed by atoms with Gasteiger partial charge in [0.25, 0.3) is 0 Å². The Morgan fingerprint density at radius 1 is 0.905 bits per heavy atom. The van der Waals surface area contributed by atoms with Crippen molar-refractivity contribution < 1.29 is 5.11 Å². The van der Waals surface area contributed by atoms with Crippen molar-refractivity contribution in [1.82, 2.24) is 4.98 Å². The molecule has 106 valence electrons. The molecule has 1 heterocycles. The first-order chi connectivity index (χ1) is 10.2. The van der Waals surface area contributed by atoms with Crippen molar-refractivity contribution in [3.8, 4) is 0 Å². The molecule has 2 aromatic carbocycles. The average Bonchev–Trinajstić information content (AvgIpc) is 2.49. The smallest absolute Gasteiger partial charge is 0.0705 e. The molecule has 0 saturated heterocycles. The van der Waals surface area contributed by atoms with Gasteiger partial charge < -0.3 is 5.11 Å². The lowest BCUT2D eigenvalue weighted by Crippen LogP contribution is -2.14. The van der Waals surface area contributed by atoms with E-state index < -0.39 is 6.10 Å². The predicted octanol–water partition coefficient (Wildman–Crippen LogP) is 3.69. The van der Waals surface area contributed by atoms with Crippen LogP contribution in [0.15, 0.2) is 60.7 Å². The molecule has 0 radical (unpaired) electrons. The maximum absolute atomic E-state index is 10.3. The third kappa shape index (κ3) is 3.47. The number of rotatable bonds is 4. The summed E-state index contributed by atoms with van der Waals surface area (Å²) in [5.74, 6) is 0. The van der Waals surface area contributed by atoms with Gasteiger partial charge in [-0.05, 0) is 31.0 Å². The van der Waals surface area contributed by atoms with Crippen LogP contribution in [0.25, 0.3) is 10.9 Å². The van der Waals surface area contributed by atoms with Crippen LogP contribution in [-0.4, -0.2) is 16.2 Å². The Balaban J connectivity index is 1.70. The molecule has 1 aromatic heterocycles. The zero-order valence-corrected chi connectivity index (χ0v) is 12.2. The van der Waals surface area contributed by atoms with Crippen molar-refractivity contribution in [2.75, 3.05) is 0 Å². The molecule has 2 nitrogen and oxygen atoms in total. The second-order valence-corrected chi connectivity index (χ2v) is 5.54. The van der Waals surface area contributed by atoms with Crippen LogP contribution < -0.4 is 0 Å². The zero-order chi connectivity index (χ0) is 14.7. The summed E-state index contributed by atoms with van der Waals surface area (Å²) in [5.41, 5.74) is 4.32. The van der Waals surface area contributed by atoms with Gasteiger partial charge in [-0.2, -0.15) is 0 Å². The number of para-hydroxylation sites is 1. The third-order valence-electron chi connectivity index (χ3n) is 3.69. The Labute approximate surface area is 125 Å². The monoisotopic (exact) mass is 277 g/mol. The summed E-state index contributed by atoms with van der Waals surface area (Å²) in [6.07, 6.45) is 0.842. The lowest BCUT2D eigenvalue weighted by Gasteiger charge is -2.11. The number of aryl methyl sites for hydroxylation is 1. The van der Waals surface area contributed by atoms with Gasteiger partial charge in [0.15, 0.2) is 0 Å². The number of benzene rings is 2. The van der Waals surface area contributed by atoms with E-state index in [0.29, 0.717) is 12.8 Å². The van der Waals surface area contributed by atoms with Gasteiger partial charge in [-0.1, -0.05) is 54.1 Å². The number of aliphatic hydroxyl groups excluding tert-OH is 1. The van der Waals surface area contributed by atoms with Crippen molar-refractivity contribution in [1.29, 1.82) is 0 Å². The van der Waals surface area contributed by atoms with Crippen molar-refractivity contribution in [2.24, 2.45) is 0 Å². The molecule has 0 aliphatic rings. The largest absolute Gasteiger partial charge is 0.392 e. The van der Waals surface area contributed by atoms with Crippen LogP contribution in [0.2, 0.25) is 0 Å². The molecule has 0 bridgehead atoms. The highest BCUT2D eigenvalue weighted by molar-refractivity contribution is 5.78. The van der Waals surface area contributed by atoms with E-state index in [9.17, 15) is 5.11 Å². The number of aliphatic hydroxyl groups is 1. The number of pyridine rings is 1. The molecule has 0 aliphatic carbocycles. The summed E-state index contributed by atoms with van der Waals surface area (Å²) in [6.45, 7) is 2.07. The molecule has 2 heteroatoms. The molecule has 0 saturated carbocycles. The lowest BCUT2D eigenvalue weighted by atomic mass is 10.0. The standard InChI is InChI=1S/C19H19NO/c1-14-6-8-15(9-7-14)12-18(21)13-17-11-10-16-4-2-3-5-19(16)20-17/h2-11,18,21H,12-13H2,1H3. The van der Waals surface area contributed by atoms with Gasteiger partial charge in [0, 0.05) is 17.5 Å². The van der Waals surface area contributed by atoms with E-state index >= 15 is 0 Å². The lowest BCUT2D eigenvalue weighted by molar-refractivity contribution is 0.174. The minimum Gasteiger partial charge on any atom is -0.392 e. The fourth-order valence-corrected chi connectivity index (χ4v) is 2.53. The van der Waals surface area contributed by atoms with Crippen LogP contribution in [-0.2, 0) is 12.8 Å². The number of hydrogen-bond donors (Lipinski definition) is 1. The molecule has 3 aromatic rings. The number of hydrogen-bond acceptors (Lipinski definition) is 2. The van der Waals surface area contributed by atoms with Gasteiger partial charge in [0.2, 0.25) is 0 Å². The Bertz CT molecular complexity index is 734. The molecule has 0 amide bonds. The molecule has 1 atom stereocenters. The second kappa shape index (κ2) is 6.06. The Morgan fingerprint density at radius 3 is 2.48 bits per heavy atom. The highest BCUT2D eigenvalue weighted by atomic mass is 16.3. The van der Waals surface area contributed by atoms with Crippen LogP contribution in [0.3, 0.4) is 0 Å². The molecule has 0 aliphatic heterocycles. The molecular weight excluding hydrogens is 258 g/mol. The summed E-state index contributed by atoms with van der Waals surface area (Å²) < 4.78 is 0. The van der Waals surface area contributed by atoms with E-state index in [1.54, 1.807) is 0 Å². The van der Waals surface area contributed by atoms with Crippen LogP contribution in [0.4, 0.5) is 0 Å². The Morgan fingerprint density at radius 2 is 1.67 bits per heavy atom. The average molecular weight is 277 g/mol. The second-order valence-electron chi connectivity index (χ2n) is 5.54. The molecule has 0 fully saturated rings. The summed E-state index contributed by atoms with van der Waals surface area (Å²) in [6, 6.07) is 20.4. The quantitative estimate of drug-likeness (QED) is 0.789. The molecule has 21 heavy (non-hydrogen) atoms. The summed E-state index contributed by atoms with van der Waals surface area (Å²) in [7, 11) is 0. The normalized spacial score (nSPS) is 12.5. The molecule has 3 rings (SSSR count). The van der Waals surface area contributed by atoms with Gasteiger partial charge in [-0.3, -0.25) is 4.98 Å². The third-order valence-corrected chi connectivity index (χ3v) is 3.69. The van der Waals surface area contributed by atoms with E-state index in [2.05, 4.69) is 48.3 Å². The zero-order valence-electron chi connectivity index (χ0n) is 12.2. The summed E-state index contributed by atoms with van der Waals surface area (Å²) in [4.78, 5) is 4.61. The van der Waals surface area contributed by atoms with E-state index in [1.807, 2.05) is 24.3 Å². The van der Waals surface area contributed by atoms with Crippen molar-refractivity contribution >= 4 is 10.9 Å². The molecular formula is C19H19NO. The van der Waals surface area contributed by atoms with Gasteiger partial charge in [-0.15, -0.1) is 0 Å². The number of aromatic nitrogens is 1. The molecule has 1 N–H and O–H groups in total. The van der Waals surface area contributed by atoms with Crippen LogP contribution in [0.1, 0.15) is 16.8 Å². The van der Waals surface area contributed by atoms with Crippen LogP contribution in [0, 0.1) is 6.92 Å². The minimum atomic E-state index is -0.402. The first-order valence-corrected chi connectivity index (χ1v) is 7.29. The summed E-state index contributed by atoms with van der Waals surface area (Å²) >= 11 is 0. The fourth-order valence-electron chi connectivity index (χ4n) is 2.53. The Kier molecular flexibility index (Phi) is 3.98. The fraction of sp³-hybridized carbons (Fsp3) is 0.211. The van der Waals surface area contributed by atoms with Crippen molar-refractivity contribution in [3.63, 3.8) is 0 Å². The summed E-state index contributed by atoms with van der Waals surface area (Å²) in [5, 5.41) is 11.4. The topological polar surface area (TPSA) is 33.1 Å². The first-order valence-electron chi connectivity index (χ1n) is 7.29. The maximum Gasteiger partial charge on any atom is 0.0705 e. The van der Waals surface area contributed by atoms with E-state index in [0.717, 1.165) is 22.2 Å². The highest BCUT2D eigenvalue weighted by Crippen LogP contribution is 2.14. The Hall–Kier alpha value is -2.19. The van der Waals surface area contributed by atoms with Gasteiger partial charge in [-0.25, -0.2) is 0 Å². The van der Waals surface area contributed by atoms with E-state index in [4.69, 9.17) is 0 Å². The van der Waals surface area contributed by atoms with Crippen LogP contribution >= 0.6 is 0 Å². The number of fused-ring (bicyclic) bond motifs is 1. The molecule has 1 unspecified atom stereocenters. The predicted molar refractivity (Wildman–Crippen MR) is 86.3 cm³/mol. The van der Waals surface area contributed by atoms with Crippen molar-refractivity contribution in [3.05, 3.63) is 77.5 Å². The van der Waals surface area contributed by atoms with Crippen LogP contribution in [0.5, 0.6) is 0 Å². The van der Waals surface area contributed by atoms with Gasteiger partial charge in [0.05, 0.1) is 11.6 Å². The van der Waals surface area contributed by atoms with Crippen molar-refractivity contribution in [2.45, 2.75) is 25.9 Å². The molecule has 0 spiro atoms. The highest BCUT2D eigenvalue weighted by Gasteiger charge is 2.08. The van der Waals surface area contributed by atoms with Gasteiger partial charge in [0.1, 0.15) is 0 Å². The van der Waals surface area contributed by atoms with Gasteiger partial charge >= 0.3 is 0 Å². The number of nitrogens with zero attached hydrogens (tertiary/aromatic N) is 1. The first kappa shape index (κ1) is 13.8. The maximum atomic E-state index is 10.3. The van der Waals surface area contributed by atoms with E-state index in [-0.39, 0.29) is 0 Å².